The highest BCUT2D eigenvalue weighted by atomic mass is 16.3. The Bertz CT molecular complexity index is 614. The Balaban J connectivity index is 1.42. The fourth-order valence-electron chi connectivity index (χ4n) is 8.27. The maximum absolute atomic E-state index is 11.6. The molecule has 0 saturated heterocycles. The Morgan fingerprint density at radius 2 is 1.72 bits per heavy atom. The third-order valence-electron chi connectivity index (χ3n) is 9.70. The third-order valence-corrected chi connectivity index (χ3v) is 9.70. The van der Waals surface area contributed by atoms with Crippen LogP contribution in [-0.4, -0.2) is 17.0 Å². The lowest BCUT2D eigenvalue weighted by molar-refractivity contribution is -0.131. The SMILES string of the molecule is C[C@]12CC[C@H]3[C@@H](CC=C4C[C@@H](O)CC[C@@]43C)[C@@H]1CC[C@@H]2C1CC(=O)C1. The van der Waals surface area contributed by atoms with Gasteiger partial charge in [-0.1, -0.05) is 25.5 Å². The number of hydrogen-bond donors (Lipinski definition) is 1. The first kappa shape index (κ1) is 16.5. The highest BCUT2D eigenvalue weighted by molar-refractivity contribution is 5.84. The summed E-state index contributed by atoms with van der Waals surface area (Å²) in [6.45, 7) is 5.10. The second-order valence-corrected chi connectivity index (χ2v) is 10.6. The predicted molar refractivity (Wildman–Crippen MR) is 98.9 cm³/mol. The molecule has 0 bridgehead atoms. The van der Waals surface area contributed by atoms with Gasteiger partial charge in [0.05, 0.1) is 6.10 Å². The summed E-state index contributed by atoms with van der Waals surface area (Å²) in [5.41, 5.74) is 2.42. The van der Waals surface area contributed by atoms with E-state index < -0.39 is 0 Å². The van der Waals surface area contributed by atoms with Gasteiger partial charge in [-0.25, -0.2) is 0 Å². The van der Waals surface area contributed by atoms with Gasteiger partial charge in [0.25, 0.3) is 0 Å². The molecule has 0 unspecified atom stereocenters. The number of rotatable bonds is 1. The van der Waals surface area contributed by atoms with E-state index in [1.165, 1.54) is 38.5 Å². The minimum absolute atomic E-state index is 0.100. The zero-order chi connectivity index (χ0) is 17.4. The van der Waals surface area contributed by atoms with Crippen LogP contribution in [0.4, 0.5) is 0 Å². The first-order valence-corrected chi connectivity index (χ1v) is 10.8. The molecule has 1 N–H and O–H groups in total. The Morgan fingerprint density at radius 3 is 2.48 bits per heavy atom. The van der Waals surface area contributed by atoms with E-state index >= 15 is 0 Å². The Hall–Kier alpha value is -0.630. The van der Waals surface area contributed by atoms with Crippen molar-refractivity contribution in [1.29, 1.82) is 0 Å². The zero-order valence-corrected chi connectivity index (χ0v) is 16.0. The first-order chi connectivity index (χ1) is 11.9. The number of allylic oxidation sites excluding steroid dienone is 1. The van der Waals surface area contributed by atoms with Crippen molar-refractivity contribution in [3.63, 3.8) is 0 Å². The quantitative estimate of drug-likeness (QED) is 0.688. The normalized spacial score (nSPS) is 52.7. The molecule has 2 heteroatoms. The number of carbonyl (C=O) groups is 1. The number of fused-ring (bicyclic) bond motifs is 5. The molecule has 2 nitrogen and oxygen atoms in total. The molecule has 138 valence electrons. The largest absolute Gasteiger partial charge is 0.393 e. The third kappa shape index (κ3) is 2.22. The summed E-state index contributed by atoms with van der Waals surface area (Å²) in [6.07, 6.45) is 14.1. The van der Waals surface area contributed by atoms with Crippen molar-refractivity contribution in [3.8, 4) is 0 Å². The fourth-order valence-corrected chi connectivity index (χ4v) is 8.27. The van der Waals surface area contributed by atoms with Gasteiger partial charge in [0.15, 0.2) is 0 Å². The standard InChI is InChI=1S/C23H34O2/c1-22-9-7-16(24)13-15(22)3-4-18-20-6-5-19(14-11-17(25)12-14)23(20,2)10-8-21(18)22/h3,14,16,18-21,24H,4-13H2,1-2H3/t16-,18-,19+,20-,21-,22-,23+/m0/s1. The lowest BCUT2D eigenvalue weighted by atomic mass is 9.46. The van der Waals surface area contributed by atoms with E-state index in [0.717, 1.165) is 49.4 Å². The van der Waals surface area contributed by atoms with Crippen LogP contribution in [-0.2, 0) is 4.79 Å². The summed E-state index contributed by atoms with van der Waals surface area (Å²) in [5, 5.41) is 10.1. The summed E-state index contributed by atoms with van der Waals surface area (Å²) in [6, 6.07) is 0. The van der Waals surface area contributed by atoms with Crippen molar-refractivity contribution in [2.45, 2.75) is 84.2 Å². The van der Waals surface area contributed by atoms with Gasteiger partial charge in [-0.15, -0.1) is 0 Å². The van der Waals surface area contributed by atoms with Gasteiger partial charge in [0, 0.05) is 12.8 Å². The van der Waals surface area contributed by atoms with Crippen molar-refractivity contribution >= 4 is 5.78 Å². The molecule has 0 amide bonds. The number of aliphatic hydroxyl groups is 1. The molecule has 5 aliphatic carbocycles. The molecular weight excluding hydrogens is 308 g/mol. The molecule has 0 aromatic rings. The van der Waals surface area contributed by atoms with Crippen molar-refractivity contribution in [3.05, 3.63) is 11.6 Å². The van der Waals surface area contributed by atoms with E-state index in [4.69, 9.17) is 0 Å². The molecule has 0 aliphatic heterocycles. The Morgan fingerprint density at radius 1 is 0.960 bits per heavy atom. The van der Waals surface area contributed by atoms with Gasteiger partial charge < -0.3 is 5.11 Å². The fraction of sp³-hybridized carbons (Fsp3) is 0.870. The van der Waals surface area contributed by atoms with Crippen molar-refractivity contribution in [2.75, 3.05) is 0 Å². The van der Waals surface area contributed by atoms with E-state index in [1.807, 2.05) is 0 Å². The summed E-state index contributed by atoms with van der Waals surface area (Å²) >= 11 is 0. The Kier molecular flexibility index (Phi) is 3.60. The highest BCUT2D eigenvalue weighted by Gasteiger charge is 2.60. The minimum Gasteiger partial charge on any atom is -0.393 e. The molecule has 7 atom stereocenters. The van der Waals surface area contributed by atoms with Crippen molar-refractivity contribution < 1.29 is 9.90 Å². The molecule has 0 spiro atoms. The molecule has 25 heavy (non-hydrogen) atoms. The predicted octanol–water partition coefficient (Wildman–Crippen LogP) is 4.91. The summed E-state index contributed by atoms with van der Waals surface area (Å²) in [7, 11) is 0. The van der Waals surface area contributed by atoms with E-state index in [9.17, 15) is 9.90 Å². The lowest BCUT2D eigenvalue weighted by Crippen LogP contribution is -2.51. The van der Waals surface area contributed by atoms with E-state index in [0.29, 0.717) is 22.5 Å². The highest BCUT2D eigenvalue weighted by Crippen LogP contribution is 2.68. The molecular formula is C23H34O2. The first-order valence-electron chi connectivity index (χ1n) is 10.8. The van der Waals surface area contributed by atoms with Crippen LogP contribution in [0.2, 0.25) is 0 Å². The van der Waals surface area contributed by atoms with Crippen LogP contribution < -0.4 is 0 Å². The monoisotopic (exact) mass is 342 g/mol. The van der Waals surface area contributed by atoms with E-state index in [2.05, 4.69) is 19.9 Å². The van der Waals surface area contributed by atoms with Crippen LogP contribution in [0.3, 0.4) is 0 Å². The molecule has 0 radical (unpaired) electrons. The van der Waals surface area contributed by atoms with Crippen LogP contribution in [0.1, 0.15) is 78.1 Å². The van der Waals surface area contributed by atoms with Crippen molar-refractivity contribution in [2.24, 2.45) is 40.4 Å². The van der Waals surface area contributed by atoms with Crippen LogP contribution in [0.15, 0.2) is 11.6 Å². The van der Waals surface area contributed by atoms with E-state index in [1.54, 1.807) is 5.57 Å². The van der Waals surface area contributed by atoms with Crippen LogP contribution in [0.25, 0.3) is 0 Å². The van der Waals surface area contributed by atoms with Gasteiger partial charge in [-0.2, -0.15) is 0 Å². The number of aliphatic hydroxyl groups excluding tert-OH is 1. The van der Waals surface area contributed by atoms with Gasteiger partial charge >= 0.3 is 0 Å². The summed E-state index contributed by atoms with van der Waals surface area (Å²) in [4.78, 5) is 11.6. The van der Waals surface area contributed by atoms with Crippen LogP contribution in [0.5, 0.6) is 0 Å². The average molecular weight is 343 g/mol. The number of ketones is 1. The number of Topliss-reactive ketones (excluding diaryl/α,β-unsaturated/α-hetero) is 1. The maximum Gasteiger partial charge on any atom is 0.133 e. The molecule has 0 aromatic carbocycles. The van der Waals surface area contributed by atoms with Gasteiger partial charge in [0.2, 0.25) is 0 Å². The van der Waals surface area contributed by atoms with Gasteiger partial charge in [-0.05, 0) is 91.8 Å². The van der Waals surface area contributed by atoms with Gasteiger partial charge in [0.1, 0.15) is 5.78 Å². The molecule has 5 rings (SSSR count). The lowest BCUT2D eigenvalue weighted by Gasteiger charge is -2.58. The second kappa shape index (κ2) is 5.44. The minimum atomic E-state index is -0.100. The smallest absolute Gasteiger partial charge is 0.133 e. The molecule has 0 heterocycles. The molecule has 4 fully saturated rings. The topological polar surface area (TPSA) is 37.3 Å². The number of hydrogen-bond acceptors (Lipinski definition) is 2. The molecule has 5 aliphatic rings. The number of carbonyl (C=O) groups excluding carboxylic acids is 1. The average Bonchev–Trinajstić information content (AvgIpc) is 2.89. The second-order valence-electron chi connectivity index (χ2n) is 10.6. The van der Waals surface area contributed by atoms with Crippen LogP contribution >= 0.6 is 0 Å². The van der Waals surface area contributed by atoms with Gasteiger partial charge in [-0.3, -0.25) is 4.79 Å². The summed E-state index contributed by atoms with van der Waals surface area (Å²) < 4.78 is 0. The van der Waals surface area contributed by atoms with Crippen molar-refractivity contribution in [1.82, 2.24) is 0 Å². The molecule has 0 aromatic heterocycles. The Labute approximate surface area is 152 Å². The van der Waals surface area contributed by atoms with E-state index in [-0.39, 0.29) is 6.10 Å². The molecule has 4 saturated carbocycles. The maximum atomic E-state index is 11.6. The van der Waals surface area contributed by atoms with Crippen LogP contribution in [0, 0.1) is 40.4 Å². The zero-order valence-electron chi connectivity index (χ0n) is 16.0. The summed E-state index contributed by atoms with van der Waals surface area (Å²) in [5.74, 6) is 4.57.